The first-order valence-corrected chi connectivity index (χ1v) is 19.6. The normalized spacial score (nSPS) is 11.2. The summed E-state index contributed by atoms with van der Waals surface area (Å²) in [6.45, 7) is 5.61. The number of carbonyl (C=O) groups is 1. The number of carboxylic acid groups (broad SMARTS) is 1. The Morgan fingerprint density at radius 2 is 0.711 bits per heavy atom. The van der Waals surface area contributed by atoms with Gasteiger partial charge in [0, 0.05) is 6.42 Å². The molecule has 0 radical (unpaired) electrons. The van der Waals surface area contributed by atoms with Gasteiger partial charge in [-0.2, -0.15) is 0 Å². The fraction of sp³-hybridized carbons (Fsp3) is 0.974. The molecule has 0 saturated heterocycles. The summed E-state index contributed by atoms with van der Waals surface area (Å²) in [6, 6.07) is 0. The van der Waals surface area contributed by atoms with Crippen molar-refractivity contribution in [1.82, 2.24) is 5.23 Å². The molecule has 0 rings (SSSR count). The molecular formula is C38H79NO6. The van der Waals surface area contributed by atoms with E-state index in [0.29, 0.717) is 13.0 Å². The Hall–Kier alpha value is -0.730. The molecular weight excluding hydrogens is 566 g/mol. The quantitative estimate of drug-likeness (QED) is 0.0456. The van der Waals surface area contributed by atoms with Crippen molar-refractivity contribution in [1.29, 1.82) is 0 Å². The molecule has 0 unspecified atom stereocenters. The Balaban J connectivity index is 0. The number of unbranched alkanes of at least 4 members (excludes halogenated alkanes) is 27. The topological polar surface area (TPSA) is 99.5 Å². The van der Waals surface area contributed by atoms with Crippen LogP contribution in [0.4, 0.5) is 0 Å². The Morgan fingerprint density at radius 1 is 0.444 bits per heavy atom. The number of hydrogen-bond donors (Lipinski definition) is 3. The minimum absolute atomic E-state index is 0.0300. The van der Waals surface area contributed by atoms with Crippen molar-refractivity contribution in [2.75, 3.05) is 33.0 Å². The maximum atomic E-state index is 10.3. The van der Waals surface area contributed by atoms with Gasteiger partial charge in [0.15, 0.2) is 0 Å². The number of aliphatic carboxylic acids is 1. The van der Waals surface area contributed by atoms with Gasteiger partial charge in [-0.15, -0.1) is 0 Å². The third-order valence-electron chi connectivity index (χ3n) is 8.34. The molecule has 0 aromatic rings. The molecule has 7 heteroatoms. The van der Waals surface area contributed by atoms with Crippen molar-refractivity contribution in [2.24, 2.45) is 0 Å². The predicted molar refractivity (Wildman–Crippen MR) is 190 cm³/mol. The highest BCUT2D eigenvalue weighted by Crippen LogP contribution is 2.15. The van der Waals surface area contributed by atoms with Gasteiger partial charge in [-0.25, -0.2) is 0 Å². The van der Waals surface area contributed by atoms with Crippen LogP contribution in [0.3, 0.4) is 0 Å². The molecule has 0 aromatic carbocycles. The zero-order valence-corrected chi connectivity index (χ0v) is 30.3. The fourth-order valence-corrected chi connectivity index (χ4v) is 5.53. The molecule has 0 heterocycles. The summed E-state index contributed by atoms with van der Waals surface area (Å²) >= 11 is 0. The molecule has 0 saturated carbocycles. The Labute approximate surface area is 280 Å². The van der Waals surface area contributed by atoms with Crippen LogP contribution < -0.4 is 0 Å². The first kappa shape index (κ1) is 46.4. The number of nitrogens with zero attached hydrogens (tertiary/aromatic N) is 1. The molecule has 45 heavy (non-hydrogen) atoms. The molecule has 7 nitrogen and oxygen atoms in total. The highest BCUT2D eigenvalue weighted by molar-refractivity contribution is 5.66. The molecule has 0 aliphatic rings. The maximum absolute atomic E-state index is 10.3. The SMILES string of the molecule is CCCCCCCCCCCCCCCCCC(=O)O.CCCCCCCCCCCCCCCCN(OCCO)OCCO. The number of aliphatic hydroxyl groups is 2. The van der Waals surface area contributed by atoms with E-state index in [1.54, 1.807) is 0 Å². The van der Waals surface area contributed by atoms with E-state index in [2.05, 4.69) is 13.8 Å². The average Bonchev–Trinajstić information content (AvgIpc) is 3.04. The van der Waals surface area contributed by atoms with Gasteiger partial charge < -0.3 is 15.3 Å². The predicted octanol–water partition coefficient (Wildman–Crippen LogP) is 10.9. The number of carboxylic acids is 1. The summed E-state index contributed by atoms with van der Waals surface area (Å²) in [5, 5.41) is 27.5. The molecule has 0 atom stereocenters. The van der Waals surface area contributed by atoms with Gasteiger partial charge >= 0.3 is 5.97 Å². The lowest BCUT2D eigenvalue weighted by Crippen LogP contribution is -2.28. The van der Waals surface area contributed by atoms with E-state index in [1.807, 2.05) is 0 Å². The Morgan fingerprint density at radius 3 is 0.978 bits per heavy atom. The van der Waals surface area contributed by atoms with E-state index >= 15 is 0 Å². The molecule has 272 valence electrons. The Bertz CT molecular complexity index is 528. The average molecular weight is 646 g/mol. The summed E-state index contributed by atoms with van der Waals surface area (Å²) < 4.78 is 0. The molecule has 0 spiro atoms. The van der Waals surface area contributed by atoms with Crippen LogP contribution >= 0.6 is 0 Å². The van der Waals surface area contributed by atoms with Gasteiger partial charge in [-0.1, -0.05) is 192 Å². The number of hydroxylamine groups is 2. The summed E-state index contributed by atoms with van der Waals surface area (Å²) in [7, 11) is 0. The first-order chi connectivity index (χ1) is 22.1. The van der Waals surface area contributed by atoms with Crippen LogP contribution in [0, 0.1) is 0 Å². The first-order valence-electron chi connectivity index (χ1n) is 19.6. The van der Waals surface area contributed by atoms with Crippen LogP contribution in [-0.4, -0.2) is 59.5 Å². The lowest BCUT2D eigenvalue weighted by atomic mass is 10.0. The van der Waals surface area contributed by atoms with Gasteiger partial charge in [0.2, 0.25) is 0 Å². The second kappa shape index (κ2) is 43.3. The molecule has 0 bridgehead atoms. The van der Waals surface area contributed by atoms with Gasteiger partial charge in [0.05, 0.1) is 33.0 Å². The van der Waals surface area contributed by atoms with Crippen molar-refractivity contribution < 1.29 is 29.8 Å². The highest BCUT2D eigenvalue weighted by Gasteiger charge is 2.05. The summed E-state index contributed by atoms with van der Waals surface area (Å²) in [4.78, 5) is 20.8. The fourth-order valence-electron chi connectivity index (χ4n) is 5.53. The van der Waals surface area contributed by atoms with E-state index in [4.69, 9.17) is 25.0 Å². The Kier molecular flexibility index (Phi) is 44.6. The van der Waals surface area contributed by atoms with Crippen LogP contribution in [-0.2, 0) is 14.5 Å². The van der Waals surface area contributed by atoms with Gasteiger partial charge in [0.1, 0.15) is 0 Å². The van der Waals surface area contributed by atoms with Gasteiger partial charge in [-0.05, 0) is 12.8 Å². The lowest BCUT2D eigenvalue weighted by molar-refractivity contribution is -0.371. The van der Waals surface area contributed by atoms with E-state index in [9.17, 15) is 4.79 Å². The summed E-state index contributed by atoms with van der Waals surface area (Å²) in [5.41, 5.74) is 0. The number of hydrogen-bond acceptors (Lipinski definition) is 6. The van der Waals surface area contributed by atoms with E-state index < -0.39 is 5.97 Å². The minimum Gasteiger partial charge on any atom is -0.481 e. The third kappa shape index (κ3) is 45.4. The third-order valence-corrected chi connectivity index (χ3v) is 8.34. The highest BCUT2D eigenvalue weighted by atomic mass is 16.9. The monoisotopic (exact) mass is 646 g/mol. The molecule has 0 fully saturated rings. The standard InChI is InChI=1S/C20H43NO4.C18H36O2/c1-2-3-4-5-6-7-8-9-10-11-12-13-14-15-16-21(24-19-17-22)25-20-18-23;1-2-3-4-5-6-7-8-9-10-11-12-13-14-15-16-17-18(19)20/h22-23H,2-20H2,1H3;2-17H2,1H3,(H,19,20). The zero-order valence-electron chi connectivity index (χ0n) is 30.3. The van der Waals surface area contributed by atoms with Crippen LogP contribution in [0.1, 0.15) is 206 Å². The minimum atomic E-state index is -0.653. The second-order valence-electron chi connectivity index (χ2n) is 12.9. The van der Waals surface area contributed by atoms with Crippen molar-refractivity contribution >= 4 is 5.97 Å². The number of aliphatic hydroxyl groups excluding tert-OH is 2. The van der Waals surface area contributed by atoms with Crippen molar-refractivity contribution in [3.05, 3.63) is 0 Å². The molecule has 0 aromatic heterocycles. The van der Waals surface area contributed by atoms with Crippen molar-refractivity contribution in [3.63, 3.8) is 0 Å². The number of rotatable bonds is 37. The molecule has 0 aliphatic heterocycles. The van der Waals surface area contributed by atoms with Crippen LogP contribution in [0.5, 0.6) is 0 Å². The van der Waals surface area contributed by atoms with Crippen molar-refractivity contribution in [3.8, 4) is 0 Å². The molecule has 3 N–H and O–H groups in total. The van der Waals surface area contributed by atoms with Crippen LogP contribution in [0.25, 0.3) is 0 Å². The summed E-state index contributed by atoms with van der Waals surface area (Å²) in [5.74, 6) is -0.653. The van der Waals surface area contributed by atoms with E-state index in [-0.39, 0.29) is 26.4 Å². The lowest BCUT2D eigenvalue weighted by Gasteiger charge is -2.20. The smallest absolute Gasteiger partial charge is 0.303 e. The van der Waals surface area contributed by atoms with E-state index in [0.717, 1.165) is 19.3 Å². The zero-order chi connectivity index (χ0) is 33.3. The maximum Gasteiger partial charge on any atom is 0.303 e. The molecule has 0 aliphatic carbocycles. The second-order valence-corrected chi connectivity index (χ2v) is 12.9. The van der Waals surface area contributed by atoms with Crippen LogP contribution in [0.15, 0.2) is 0 Å². The van der Waals surface area contributed by atoms with E-state index in [1.165, 1.54) is 172 Å². The van der Waals surface area contributed by atoms with Gasteiger partial charge in [-0.3, -0.25) is 14.5 Å². The van der Waals surface area contributed by atoms with Crippen molar-refractivity contribution in [2.45, 2.75) is 206 Å². The molecule has 0 amide bonds. The van der Waals surface area contributed by atoms with Gasteiger partial charge in [0.25, 0.3) is 0 Å². The summed E-state index contributed by atoms with van der Waals surface area (Å²) in [6.07, 6.45) is 38.9. The van der Waals surface area contributed by atoms with Crippen LogP contribution in [0.2, 0.25) is 0 Å². The largest absolute Gasteiger partial charge is 0.481 e.